The Morgan fingerprint density at radius 3 is 3.00 bits per heavy atom. The molecule has 1 heterocycles. The molecule has 2 rings (SSSR count). The van der Waals surface area contributed by atoms with Gasteiger partial charge in [0.15, 0.2) is 0 Å². The van der Waals surface area contributed by atoms with Crippen LogP contribution in [0.15, 0.2) is 30.6 Å². The number of ether oxygens (including phenoxy) is 1. The van der Waals surface area contributed by atoms with Crippen LogP contribution in [0, 0.1) is 5.82 Å². The Labute approximate surface area is 90.5 Å². The van der Waals surface area contributed by atoms with Gasteiger partial charge in [-0.3, -0.25) is 0 Å². The molecule has 1 aromatic heterocycles. The highest BCUT2D eigenvalue weighted by Crippen LogP contribution is 2.08. The first-order valence-corrected chi connectivity index (χ1v) is 4.46. The minimum absolute atomic E-state index is 0.0632. The Bertz CT molecular complexity index is 524. The molecule has 0 fully saturated rings. The number of carbonyl (C=O) groups excluding carboxylic acids is 1. The molecule has 0 saturated carbocycles. The van der Waals surface area contributed by atoms with Gasteiger partial charge in [0.25, 0.3) is 5.82 Å². The third-order valence-electron chi connectivity index (χ3n) is 1.93. The summed E-state index contributed by atoms with van der Waals surface area (Å²) in [5, 5.41) is 3.86. The molecule has 0 atom stereocenters. The average molecular weight is 221 g/mol. The van der Waals surface area contributed by atoms with Gasteiger partial charge in [-0.15, -0.1) is 5.10 Å². The first-order chi connectivity index (χ1) is 7.70. The summed E-state index contributed by atoms with van der Waals surface area (Å²) in [6, 6.07) is 5.81. The van der Waals surface area contributed by atoms with Crippen molar-refractivity contribution in [2.45, 2.75) is 0 Å². The molecular formula is C10H8FN3O2. The summed E-state index contributed by atoms with van der Waals surface area (Å²) in [5.41, 5.74) is 0.489. The predicted molar refractivity (Wildman–Crippen MR) is 52.7 cm³/mol. The second-order valence-corrected chi connectivity index (χ2v) is 2.98. The van der Waals surface area contributed by atoms with E-state index in [0.29, 0.717) is 5.69 Å². The number of esters is 1. The predicted octanol–water partition coefficient (Wildman–Crippen LogP) is 1.19. The van der Waals surface area contributed by atoms with E-state index in [4.69, 9.17) is 0 Å². The normalized spacial score (nSPS) is 10.1. The average Bonchev–Trinajstić information content (AvgIpc) is 2.77. The van der Waals surface area contributed by atoms with E-state index in [0.717, 1.165) is 0 Å². The van der Waals surface area contributed by atoms with Crippen LogP contribution < -0.4 is 0 Å². The van der Waals surface area contributed by atoms with Crippen LogP contribution in [-0.2, 0) is 4.74 Å². The molecular weight excluding hydrogens is 213 g/mol. The summed E-state index contributed by atoms with van der Waals surface area (Å²) in [6.07, 6.45) is 1.32. The van der Waals surface area contributed by atoms with Gasteiger partial charge in [0.1, 0.15) is 12.1 Å². The molecule has 0 unspecified atom stereocenters. The molecule has 6 heteroatoms. The molecule has 1 aromatic carbocycles. The lowest BCUT2D eigenvalue weighted by atomic mass is 10.3. The Kier molecular flexibility index (Phi) is 2.63. The van der Waals surface area contributed by atoms with Gasteiger partial charge in [-0.25, -0.2) is 18.9 Å². The number of benzene rings is 1. The lowest BCUT2D eigenvalue weighted by Crippen LogP contribution is -2.05. The SMILES string of the molecule is COC(=O)c1ncn(-c2cccc(F)c2)n1. The molecule has 2 aromatic rings. The van der Waals surface area contributed by atoms with Crippen molar-refractivity contribution in [2.24, 2.45) is 0 Å². The quantitative estimate of drug-likeness (QED) is 0.715. The zero-order valence-corrected chi connectivity index (χ0v) is 8.42. The summed E-state index contributed by atoms with van der Waals surface area (Å²) in [4.78, 5) is 14.8. The summed E-state index contributed by atoms with van der Waals surface area (Å²) in [7, 11) is 1.24. The summed E-state index contributed by atoms with van der Waals surface area (Å²) < 4.78 is 18.7. The Morgan fingerprint density at radius 2 is 2.31 bits per heavy atom. The Morgan fingerprint density at radius 1 is 1.50 bits per heavy atom. The van der Waals surface area contributed by atoms with E-state index in [-0.39, 0.29) is 11.6 Å². The number of rotatable bonds is 2. The maximum Gasteiger partial charge on any atom is 0.377 e. The van der Waals surface area contributed by atoms with Crippen LogP contribution >= 0.6 is 0 Å². The van der Waals surface area contributed by atoms with Crippen LogP contribution in [0.3, 0.4) is 0 Å². The molecule has 0 amide bonds. The number of nitrogens with zero attached hydrogens (tertiary/aromatic N) is 3. The molecule has 0 aliphatic carbocycles. The van der Waals surface area contributed by atoms with Crippen LogP contribution in [0.2, 0.25) is 0 Å². The van der Waals surface area contributed by atoms with Crippen LogP contribution in [0.4, 0.5) is 4.39 Å². The molecule has 0 bridgehead atoms. The summed E-state index contributed by atoms with van der Waals surface area (Å²) in [5.74, 6) is -1.07. The number of methoxy groups -OCH3 is 1. The van der Waals surface area contributed by atoms with Gasteiger partial charge in [0.2, 0.25) is 0 Å². The van der Waals surface area contributed by atoms with Crippen molar-refractivity contribution in [3.8, 4) is 5.69 Å². The third-order valence-corrected chi connectivity index (χ3v) is 1.93. The van der Waals surface area contributed by atoms with Gasteiger partial charge in [-0.1, -0.05) is 6.07 Å². The van der Waals surface area contributed by atoms with E-state index in [1.165, 1.54) is 30.3 Å². The number of carbonyl (C=O) groups is 1. The highest BCUT2D eigenvalue weighted by Gasteiger charge is 2.11. The van der Waals surface area contributed by atoms with Crippen LogP contribution in [0.25, 0.3) is 5.69 Å². The number of hydrogen-bond donors (Lipinski definition) is 0. The topological polar surface area (TPSA) is 57.0 Å². The van der Waals surface area contributed by atoms with E-state index in [1.54, 1.807) is 12.1 Å². The van der Waals surface area contributed by atoms with Crippen molar-refractivity contribution in [2.75, 3.05) is 7.11 Å². The highest BCUT2D eigenvalue weighted by atomic mass is 19.1. The fraction of sp³-hybridized carbons (Fsp3) is 0.100. The molecule has 0 aliphatic heterocycles. The van der Waals surface area contributed by atoms with E-state index in [9.17, 15) is 9.18 Å². The molecule has 16 heavy (non-hydrogen) atoms. The van der Waals surface area contributed by atoms with Crippen LogP contribution in [-0.4, -0.2) is 27.8 Å². The first-order valence-electron chi connectivity index (χ1n) is 4.46. The number of hydrogen-bond acceptors (Lipinski definition) is 4. The second-order valence-electron chi connectivity index (χ2n) is 2.98. The molecule has 0 saturated heterocycles. The fourth-order valence-electron chi connectivity index (χ4n) is 1.19. The maximum atomic E-state index is 12.9. The molecule has 82 valence electrons. The molecule has 0 aliphatic rings. The van der Waals surface area contributed by atoms with E-state index < -0.39 is 5.97 Å². The second kappa shape index (κ2) is 4.09. The van der Waals surface area contributed by atoms with Crippen molar-refractivity contribution >= 4 is 5.97 Å². The lowest BCUT2D eigenvalue weighted by Gasteiger charge is -1.98. The van der Waals surface area contributed by atoms with E-state index >= 15 is 0 Å². The largest absolute Gasteiger partial charge is 0.463 e. The highest BCUT2D eigenvalue weighted by molar-refractivity contribution is 5.84. The standard InChI is InChI=1S/C10H8FN3O2/c1-16-10(15)9-12-6-14(13-9)8-4-2-3-7(11)5-8/h2-6H,1H3. The molecule has 0 N–H and O–H groups in total. The monoisotopic (exact) mass is 221 g/mol. The maximum absolute atomic E-state index is 12.9. The van der Waals surface area contributed by atoms with Gasteiger partial charge in [-0.2, -0.15) is 0 Å². The minimum atomic E-state index is -0.629. The smallest absolute Gasteiger partial charge is 0.377 e. The molecule has 0 radical (unpaired) electrons. The molecule has 0 spiro atoms. The third kappa shape index (κ3) is 1.90. The van der Waals surface area contributed by atoms with Gasteiger partial charge < -0.3 is 4.74 Å². The zero-order valence-electron chi connectivity index (χ0n) is 8.42. The van der Waals surface area contributed by atoms with Gasteiger partial charge in [0.05, 0.1) is 12.8 Å². The van der Waals surface area contributed by atoms with Crippen molar-refractivity contribution in [3.63, 3.8) is 0 Å². The van der Waals surface area contributed by atoms with E-state index in [2.05, 4.69) is 14.8 Å². The van der Waals surface area contributed by atoms with Gasteiger partial charge in [-0.05, 0) is 18.2 Å². The van der Waals surface area contributed by atoms with Crippen LogP contribution in [0.5, 0.6) is 0 Å². The number of aromatic nitrogens is 3. The zero-order chi connectivity index (χ0) is 11.5. The van der Waals surface area contributed by atoms with E-state index in [1.807, 2.05) is 0 Å². The van der Waals surface area contributed by atoms with Crippen molar-refractivity contribution in [1.82, 2.24) is 14.8 Å². The Hall–Kier alpha value is -2.24. The van der Waals surface area contributed by atoms with Gasteiger partial charge in [0, 0.05) is 0 Å². The minimum Gasteiger partial charge on any atom is -0.463 e. The van der Waals surface area contributed by atoms with Crippen LogP contribution in [0.1, 0.15) is 10.6 Å². The Balaban J connectivity index is 2.35. The lowest BCUT2D eigenvalue weighted by molar-refractivity contribution is 0.0587. The fourth-order valence-corrected chi connectivity index (χ4v) is 1.19. The van der Waals surface area contributed by atoms with Crippen molar-refractivity contribution in [1.29, 1.82) is 0 Å². The van der Waals surface area contributed by atoms with Crippen molar-refractivity contribution < 1.29 is 13.9 Å². The van der Waals surface area contributed by atoms with Crippen molar-refractivity contribution in [3.05, 3.63) is 42.2 Å². The first kappa shape index (κ1) is 10.3. The summed E-state index contributed by atoms with van der Waals surface area (Å²) >= 11 is 0. The molecule has 5 nitrogen and oxygen atoms in total. The van der Waals surface area contributed by atoms with Gasteiger partial charge >= 0.3 is 5.97 Å². The number of halogens is 1. The summed E-state index contributed by atoms with van der Waals surface area (Å²) in [6.45, 7) is 0.